The third-order valence-electron chi connectivity index (χ3n) is 3.93. The third-order valence-corrected chi connectivity index (χ3v) is 5.02. The smallest absolute Gasteiger partial charge is 0.314 e. The fourth-order valence-electron chi connectivity index (χ4n) is 2.73. The number of thioether (sulfide) groups is 1. The van der Waals surface area contributed by atoms with Crippen molar-refractivity contribution in [1.82, 2.24) is 10.6 Å². The summed E-state index contributed by atoms with van der Waals surface area (Å²) in [6.45, 7) is 1.36. The van der Waals surface area contributed by atoms with E-state index in [1.54, 1.807) is 0 Å². The minimum atomic E-state index is -0.182. The van der Waals surface area contributed by atoms with Gasteiger partial charge in [-0.1, -0.05) is 24.6 Å². The van der Waals surface area contributed by atoms with Crippen molar-refractivity contribution in [3.8, 4) is 0 Å². The number of rotatable bonds is 7. The van der Waals surface area contributed by atoms with Crippen LogP contribution in [0.4, 0.5) is 4.79 Å². The molecule has 1 aliphatic carbocycles. The van der Waals surface area contributed by atoms with Crippen LogP contribution in [0.25, 0.3) is 0 Å². The number of carbonyl (C=O) groups excluding carboxylic acids is 1. The highest BCUT2D eigenvalue weighted by Gasteiger charge is 2.20. The Balaban J connectivity index is 1.49. The number of benzene rings is 1. The van der Waals surface area contributed by atoms with Crippen LogP contribution < -0.4 is 10.6 Å². The summed E-state index contributed by atoms with van der Waals surface area (Å²) in [7, 11) is 0. The maximum Gasteiger partial charge on any atom is 0.314 e. The van der Waals surface area contributed by atoms with E-state index in [9.17, 15) is 9.90 Å². The van der Waals surface area contributed by atoms with Gasteiger partial charge in [0.05, 0.1) is 6.10 Å². The van der Waals surface area contributed by atoms with E-state index in [1.165, 1.54) is 4.90 Å². The molecule has 2 unspecified atom stereocenters. The Morgan fingerprint density at radius 1 is 1.23 bits per heavy atom. The molecule has 0 bridgehead atoms. The zero-order valence-corrected chi connectivity index (χ0v) is 13.8. The van der Waals surface area contributed by atoms with Crippen LogP contribution in [0.3, 0.4) is 0 Å². The first-order valence-electron chi connectivity index (χ1n) is 8.11. The lowest BCUT2D eigenvalue weighted by molar-refractivity contribution is 0.101. The van der Waals surface area contributed by atoms with Crippen LogP contribution >= 0.6 is 11.8 Å². The van der Waals surface area contributed by atoms with Gasteiger partial charge in [-0.05, 0) is 49.5 Å². The van der Waals surface area contributed by atoms with Gasteiger partial charge >= 0.3 is 6.03 Å². The second-order valence-electron chi connectivity index (χ2n) is 5.84. The highest BCUT2D eigenvalue weighted by Crippen LogP contribution is 2.23. The molecule has 22 heavy (non-hydrogen) atoms. The maximum absolute atomic E-state index is 11.7. The zero-order chi connectivity index (χ0) is 15.6. The van der Waals surface area contributed by atoms with Crippen LogP contribution in [0.2, 0.25) is 0 Å². The molecule has 122 valence electrons. The SMILES string of the molecule is O=C(NCCCSc1ccccc1)NCC1CCCC(O)C1. The summed E-state index contributed by atoms with van der Waals surface area (Å²) < 4.78 is 0. The van der Waals surface area contributed by atoms with Gasteiger partial charge in [-0.25, -0.2) is 4.79 Å². The molecule has 2 rings (SSSR count). The Hall–Kier alpha value is -1.20. The number of carbonyl (C=O) groups is 1. The Morgan fingerprint density at radius 3 is 2.82 bits per heavy atom. The molecular weight excluding hydrogens is 296 g/mol. The summed E-state index contributed by atoms with van der Waals surface area (Å²) in [6.07, 6.45) is 4.65. The number of hydrogen-bond donors (Lipinski definition) is 3. The number of amides is 2. The van der Waals surface area contributed by atoms with E-state index in [4.69, 9.17) is 0 Å². The first kappa shape index (κ1) is 17.2. The number of hydrogen-bond acceptors (Lipinski definition) is 3. The van der Waals surface area contributed by atoms with E-state index in [-0.39, 0.29) is 12.1 Å². The Kier molecular flexibility index (Phi) is 7.60. The maximum atomic E-state index is 11.7. The second-order valence-corrected chi connectivity index (χ2v) is 7.01. The van der Waals surface area contributed by atoms with E-state index in [0.717, 1.165) is 37.9 Å². The van der Waals surface area contributed by atoms with Crippen molar-refractivity contribution < 1.29 is 9.90 Å². The average molecular weight is 322 g/mol. The van der Waals surface area contributed by atoms with Crippen LogP contribution in [-0.2, 0) is 0 Å². The topological polar surface area (TPSA) is 61.4 Å². The largest absolute Gasteiger partial charge is 0.393 e. The van der Waals surface area contributed by atoms with Crippen molar-refractivity contribution >= 4 is 17.8 Å². The fourth-order valence-corrected chi connectivity index (χ4v) is 3.60. The van der Waals surface area contributed by atoms with Gasteiger partial charge in [-0.2, -0.15) is 0 Å². The van der Waals surface area contributed by atoms with Gasteiger partial charge in [0, 0.05) is 18.0 Å². The lowest BCUT2D eigenvalue weighted by Gasteiger charge is -2.25. The van der Waals surface area contributed by atoms with Crippen LogP contribution in [-0.4, -0.2) is 36.1 Å². The summed E-state index contributed by atoms with van der Waals surface area (Å²) in [4.78, 5) is 13.0. The first-order valence-corrected chi connectivity index (χ1v) is 9.10. The van der Waals surface area contributed by atoms with Gasteiger partial charge in [-0.15, -0.1) is 11.8 Å². The molecule has 0 heterocycles. The monoisotopic (exact) mass is 322 g/mol. The normalized spacial score (nSPS) is 21.3. The molecule has 0 spiro atoms. The van der Waals surface area contributed by atoms with Crippen molar-refractivity contribution in [2.75, 3.05) is 18.8 Å². The van der Waals surface area contributed by atoms with Crippen LogP contribution in [0, 0.1) is 5.92 Å². The molecule has 0 saturated heterocycles. The minimum absolute atomic E-state index is 0.0928. The van der Waals surface area contributed by atoms with Gasteiger partial charge in [0.15, 0.2) is 0 Å². The Morgan fingerprint density at radius 2 is 2.05 bits per heavy atom. The number of aliphatic hydroxyl groups is 1. The number of nitrogens with one attached hydrogen (secondary N) is 2. The van der Waals surface area contributed by atoms with Crippen LogP contribution in [0.5, 0.6) is 0 Å². The van der Waals surface area contributed by atoms with Crippen molar-refractivity contribution in [2.24, 2.45) is 5.92 Å². The summed E-state index contributed by atoms with van der Waals surface area (Å²) in [5.41, 5.74) is 0. The molecule has 1 aliphatic rings. The predicted octanol–water partition coefficient (Wildman–Crippen LogP) is 3.02. The molecule has 0 aromatic heterocycles. The van der Waals surface area contributed by atoms with E-state index in [0.29, 0.717) is 19.0 Å². The molecule has 1 saturated carbocycles. The van der Waals surface area contributed by atoms with E-state index < -0.39 is 0 Å². The van der Waals surface area contributed by atoms with Gasteiger partial charge in [-0.3, -0.25) is 0 Å². The van der Waals surface area contributed by atoms with Crippen molar-refractivity contribution in [3.63, 3.8) is 0 Å². The molecule has 2 amide bonds. The van der Waals surface area contributed by atoms with Crippen LogP contribution in [0.1, 0.15) is 32.1 Å². The molecule has 4 nitrogen and oxygen atoms in total. The minimum Gasteiger partial charge on any atom is -0.393 e. The molecule has 1 aromatic carbocycles. The predicted molar refractivity (Wildman–Crippen MR) is 91.1 cm³/mol. The highest BCUT2D eigenvalue weighted by molar-refractivity contribution is 7.99. The van der Waals surface area contributed by atoms with Crippen molar-refractivity contribution in [3.05, 3.63) is 30.3 Å². The molecule has 0 aliphatic heterocycles. The second kappa shape index (κ2) is 9.74. The number of urea groups is 1. The molecule has 5 heteroatoms. The fraction of sp³-hybridized carbons (Fsp3) is 0.588. The molecule has 1 aromatic rings. The van der Waals surface area contributed by atoms with E-state index >= 15 is 0 Å². The molecule has 2 atom stereocenters. The molecule has 0 radical (unpaired) electrons. The summed E-state index contributed by atoms with van der Waals surface area (Å²) in [5.74, 6) is 1.42. The van der Waals surface area contributed by atoms with Crippen molar-refractivity contribution in [2.45, 2.75) is 43.1 Å². The zero-order valence-electron chi connectivity index (χ0n) is 13.0. The summed E-state index contributed by atoms with van der Waals surface area (Å²) >= 11 is 1.81. The molecular formula is C17H26N2O2S. The van der Waals surface area contributed by atoms with Crippen molar-refractivity contribution in [1.29, 1.82) is 0 Å². The Labute approximate surface area is 137 Å². The van der Waals surface area contributed by atoms with E-state index in [1.807, 2.05) is 30.0 Å². The summed E-state index contributed by atoms with van der Waals surface area (Å²) in [5, 5.41) is 15.4. The van der Waals surface area contributed by atoms with Crippen LogP contribution in [0.15, 0.2) is 35.2 Å². The standard InChI is InChI=1S/C17H26N2O2S/c20-15-7-4-6-14(12-15)13-19-17(21)18-10-5-11-22-16-8-2-1-3-9-16/h1-3,8-9,14-15,20H,4-7,10-13H2,(H2,18,19,21). The molecule has 1 fully saturated rings. The quantitative estimate of drug-likeness (QED) is 0.534. The lowest BCUT2D eigenvalue weighted by Crippen LogP contribution is -2.40. The van der Waals surface area contributed by atoms with Gasteiger partial charge in [0.1, 0.15) is 0 Å². The van der Waals surface area contributed by atoms with E-state index in [2.05, 4.69) is 22.8 Å². The molecule has 3 N–H and O–H groups in total. The summed E-state index contributed by atoms with van der Waals surface area (Å²) in [6, 6.07) is 10.2. The lowest BCUT2D eigenvalue weighted by atomic mass is 9.87. The van der Waals surface area contributed by atoms with Gasteiger partial charge in [0.25, 0.3) is 0 Å². The first-order chi connectivity index (χ1) is 10.7. The Bertz CT molecular complexity index is 442. The number of aliphatic hydroxyl groups excluding tert-OH is 1. The third kappa shape index (κ3) is 6.71. The van der Waals surface area contributed by atoms with Gasteiger partial charge in [0.2, 0.25) is 0 Å². The highest BCUT2D eigenvalue weighted by atomic mass is 32.2. The average Bonchev–Trinajstić information content (AvgIpc) is 2.54. The van der Waals surface area contributed by atoms with Gasteiger partial charge < -0.3 is 15.7 Å².